The van der Waals surface area contributed by atoms with Gasteiger partial charge in [-0.3, -0.25) is 4.79 Å². The zero-order valence-corrected chi connectivity index (χ0v) is 19.6. The zero-order valence-electron chi connectivity index (χ0n) is 16.5. The van der Waals surface area contributed by atoms with Gasteiger partial charge in [-0.2, -0.15) is 4.31 Å². The molecule has 5 nitrogen and oxygen atoms in total. The van der Waals surface area contributed by atoms with Gasteiger partial charge in [0.15, 0.2) is 0 Å². The largest absolute Gasteiger partial charge is 0.325 e. The lowest BCUT2D eigenvalue weighted by molar-refractivity contribution is -0.116. The van der Waals surface area contributed by atoms with E-state index in [0.29, 0.717) is 26.3 Å². The number of nitrogens with zero attached hydrogens (tertiary/aromatic N) is 1. The van der Waals surface area contributed by atoms with E-state index in [-0.39, 0.29) is 11.4 Å². The molecule has 0 aliphatic rings. The van der Waals surface area contributed by atoms with Crippen LogP contribution in [-0.2, 0) is 21.4 Å². The number of rotatable bonds is 7. The predicted molar refractivity (Wildman–Crippen MR) is 125 cm³/mol. The molecule has 3 aromatic rings. The fourth-order valence-electron chi connectivity index (χ4n) is 2.89. The third-order valence-electron chi connectivity index (χ3n) is 4.54. The summed E-state index contributed by atoms with van der Waals surface area (Å²) in [6, 6.07) is 17.8. The fourth-order valence-corrected chi connectivity index (χ4v) is 4.92. The highest BCUT2D eigenvalue weighted by Gasteiger charge is 2.27. The minimum absolute atomic E-state index is 0.0758. The highest BCUT2D eigenvalue weighted by Crippen LogP contribution is 2.26. The molecule has 0 saturated heterocycles. The van der Waals surface area contributed by atoms with E-state index in [1.807, 2.05) is 6.92 Å². The number of hydrogen-bond donors (Lipinski definition) is 1. The van der Waals surface area contributed by atoms with Crippen molar-refractivity contribution in [2.24, 2.45) is 0 Å². The minimum Gasteiger partial charge on any atom is -0.325 e. The maximum absolute atomic E-state index is 13.3. The number of amides is 1. The Kier molecular flexibility index (Phi) is 7.62. The van der Waals surface area contributed by atoms with Gasteiger partial charge in [0.05, 0.1) is 11.4 Å². The molecule has 0 spiro atoms. The summed E-state index contributed by atoms with van der Waals surface area (Å²) in [6.45, 7) is 1.30. The molecule has 0 fully saturated rings. The van der Waals surface area contributed by atoms with Gasteiger partial charge in [-0.05, 0) is 54.4 Å². The minimum atomic E-state index is -3.98. The number of carbonyl (C=O) groups excluding carboxylic acids is 1. The highest BCUT2D eigenvalue weighted by atomic mass is 35.5. The molecule has 0 radical (unpaired) electrons. The Hall–Kier alpha value is -2.09. The zero-order chi connectivity index (χ0) is 22.6. The Morgan fingerprint density at radius 3 is 2.26 bits per heavy atom. The van der Waals surface area contributed by atoms with Crippen molar-refractivity contribution >= 4 is 56.4 Å². The lowest BCUT2D eigenvalue weighted by atomic mass is 10.2. The molecule has 0 bridgehead atoms. The second-order valence-corrected chi connectivity index (χ2v) is 10.0. The van der Waals surface area contributed by atoms with Crippen molar-refractivity contribution < 1.29 is 13.2 Å². The molecule has 3 aromatic carbocycles. The van der Waals surface area contributed by atoms with E-state index in [2.05, 4.69) is 5.32 Å². The van der Waals surface area contributed by atoms with Crippen LogP contribution in [0, 0.1) is 6.92 Å². The number of halogens is 3. The molecule has 162 valence electrons. The average Bonchev–Trinajstić information content (AvgIpc) is 2.72. The molecule has 0 aliphatic carbocycles. The SMILES string of the molecule is Cc1ccc(Cl)cc1NC(=O)CN(Cc1ccc(Cl)cc1Cl)S(=O)(=O)c1ccccc1. The summed E-state index contributed by atoms with van der Waals surface area (Å²) in [4.78, 5) is 12.9. The first-order chi connectivity index (χ1) is 14.7. The topological polar surface area (TPSA) is 66.5 Å². The van der Waals surface area contributed by atoms with Gasteiger partial charge in [0.1, 0.15) is 0 Å². The monoisotopic (exact) mass is 496 g/mol. The van der Waals surface area contributed by atoms with Gasteiger partial charge in [-0.15, -0.1) is 0 Å². The third-order valence-corrected chi connectivity index (χ3v) is 7.16. The Bertz CT molecular complexity index is 1200. The van der Waals surface area contributed by atoms with E-state index in [0.717, 1.165) is 9.87 Å². The molecule has 9 heteroatoms. The maximum atomic E-state index is 13.3. The van der Waals surface area contributed by atoms with Crippen LogP contribution in [0.15, 0.2) is 71.6 Å². The van der Waals surface area contributed by atoms with E-state index >= 15 is 0 Å². The molecule has 0 atom stereocenters. The number of hydrogen-bond acceptors (Lipinski definition) is 3. The average molecular weight is 498 g/mol. The first kappa shape index (κ1) is 23.6. The van der Waals surface area contributed by atoms with Gasteiger partial charge < -0.3 is 5.32 Å². The van der Waals surface area contributed by atoms with Crippen LogP contribution in [0.4, 0.5) is 5.69 Å². The molecule has 0 aromatic heterocycles. The van der Waals surface area contributed by atoms with Gasteiger partial charge in [-0.1, -0.05) is 65.1 Å². The van der Waals surface area contributed by atoms with E-state index < -0.39 is 22.5 Å². The number of nitrogens with one attached hydrogen (secondary N) is 1. The Morgan fingerprint density at radius 1 is 0.935 bits per heavy atom. The van der Waals surface area contributed by atoms with E-state index in [4.69, 9.17) is 34.8 Å². The molecule has 0 heterocycles. The summed E-state index contributed by atoms with van der Waals surface area (Å²) in [5.41, 5.74) is 1.84. The lowest BCUT2D eigenvalue weighted by Gasteiger charge is -2.23. The summed E-state index contributed by atoms with van der Waals surface area (Å²) >= 11 is 18.2. The van der Waals surface area contributed by atoms with E-state index in [1.165, 1.54) is 18.2 Å². The Morgan fingerprint density at radius 2 is 1.58 bits per heavy atom. The van der Waals surface area contributed by atoms with E-state index in [1.54, 1.807) is 48.5 Å². The van der Waals surface area contributed by atoms with Gasteiger partial charge in [0.25, 0.3) is 0 Å². The van der Waals surface area contributed by atoms with Gasteiger partial charge in [0.2, 0.25) is 15.9 Å². The fraction of sp³-hybridized carbons (Fsp3) is 0.136. The van der Waals surface area contributed by atoms with Crippen LogP contribution in [0.2, 0.25) is 15.1 Å². The second kappa shape index (κ2) is 10.0. The molecule has 0 aliphatic heterocycles. The van der Waals surface area contributed by atoms with Crippen molar-refractivity contribution in [1.82, 2.24) is 4.31 Å². The van der Waals surface area contributed by atoms with Crippen molar-refractivity contribution in [2.45, 2.75) is 18.4 Å². The first-order valence-electron chi connectivity index (χ1n) is 9.22. The summed E-state index contributed by atoms with van der Waals surface area (Å²) in [5.74, 6) is -0.505. The number of carbonyl (C=O) groups is 1. The summed E-state index contributed by atoms with van der Waals surface area (Å²) < 4.78 is 27.6. The summed E-state index contributed by atoms with van der Waals surface area (Å²) in [6.07, 6.45) is 0. The number of benzene rings is 3. The number of sulfonamides is 1. The molecule has 1 N–H and O–H groups in total. The van der Waals surface area contributed by atoms with Gasteiger partial charge in [0, 0.05) is 27.3 Å². The van der Waals surface area contributed by atoms with Crippen LogP contribution >= 0.6 is 34.8 Å². The Labute approximate surface area is 196 Å². The molecule has 0 unspecified atom stereocenters. The lowest BCUT2D eigenvalue weighted by Crippen LogP contribution is -2.37. The summed E-state index contributed by atoms with van der Waals surface area (Å²) in [7, 11) is -3.98. The standard InChI is InChI=1S/C22H19Cl3N2O3S/c1-15-7-9-18(24)12-21(15)26-22(28)14-27(13-16-8-10-17(23)11-20(16)25)31(29,30)19-5-3-2-4-6-19/h2-12H,13-14H2,1H3,(H,26,28). The number of anilines is 1. The maximum Gasteiger partial charge on any atom is 0.243 e. The van der Waals surface area contributed by atoms with Crippen LogP contribution in [-0.4, -0.2) is 25.2 Å². The van der Waals surface area contributed by atoms with Crippen LogP contribution in [0.25, 0.3) is 0 Å². The van der Waals surface area contributed by atoms with Gasteiger partial charge in [-0.25, -0.2) is 8.42 Å². The van der Waals surface area contributed by atoms with E-state index in [9.17, 15) is 13.2 Å². The smallest absolute Gasteiger partial charge is 0.243 e. The first-order valence-corrected chi connectivity index (χ1v) is 11.8. The van der Waals surface area contributed by atoms with Gasteiger partial charge >= 0.3 is 0 Å². The summed E-state index contributed by atoms with van der Waals surface area (Å²) in [5, 5.41) is 3.93. The van der Waals surface area contributed by atoms with Crippen molar-refractivity contribution in [2.75, 3.05) is 11.9 Å². The second-order valence-electron chi connectivity index (χ2n) is 6.83. The highest BCUT2D eigenvalue weighted by molar-refractivity contribution is 7.89. The molecule has 1 amide bonds. The van der Waals surface area contributed by atoms with Crippen molar-refractivity contribution in [3.8, 4) is 0 Å². The molecular formula is C22H19Cl3N2O3S. The molecule has 3 rings (SSSR count). The normalized spacial score (nSPS) is 11.5. The quantitative estimate of drug-likeness (QED) is 0.449. The van der Waals surface area contributed by atoms with Crippen LogP contribution < -0.4 is 5.32 Å². The van der Waals surface area contributed by atoms with Crippen LogP contribution in [0.1, 0.15) is 11.1 Å². The molecule has 31 heavy (non-hydrogen) atoms. The molecular weight excluding hydrogens is 479 g/mol. The van der Waals surface area contributed by atoms with Crippen molar-refractivity contribution in [3.05, 3.63) is 92.9 Å². The molecule has 0 saturated carbocycles. The third kappa shape index (κ3) is 5.99. The number of aryl methyl sites for hydroxylation is 1. The van der Waals surface area contributed by atoms with Crippen LogP contribution in [0.5, 0.6) is 0 Å². The predicted octanol–water partition coefficient (Wildman–Crippen LogP) is 5.78. The van der Waals surface area contributed by atoms with Crippen molar-refractivity contribution in [3.63, 3.8) is 0 Å². The van der Waals surface area contributed by atoms with Crippen molar-refractivity contribution in [1.29, 1.82) is 0 Å². The Balaban J connectivity index is 1.91. The van der Waals surface area contributed by atoms with Crippen LogP contribution in [0.3, 0.4) is 0 Å².